The quantitative estimate of drug-likeness (QED) is 0.142. The number of Topliss-reactive ketones (excluding diaryl/α,β-unsaturated/α-hetero) is 1. The zero-order valence-electron chi connectivity index (χ0n) is 34.9. The topological polar surface area (TPSA) is 195 Å². The zero-order chi connectivity index (χ0) is 45.2. The van der Waals surface area contributed by atoms with Crippen LogP contribution in [0.2, 0.25) is 0 Å². The van der Waals surface area contributed by atoms with Gasteiger partial charge in [0.05, 0.1) is 42.3 Å². The van der Waals surface area contributed by atoms with Crippen LogP contribution in [-0.2, 0) is 49.5 Å². The van der Waals surface area contributed by atoms with Crippen LogP contribution in [0.4, 0.5) is 21.2 Å². The lowest BCUT2D eigenvalue weighted by atomic mass is 10.0. The maximum absolute atomic E-state index is 12.4. The summed E-state index contributed by atoms with van der Waals surface area (Å²) in [5.74, 6) is 1.86. The minimum atomic E-state index is -0.593. The summed E-state index contributed by atoms with van der Waals surface area (Å²) in [6.07, 6.45) is 10.5. The Bertz CT molecular complexity index is 2660. The van der Waals surface area contributed by atoms with Crippen molar-refractivity contribution in [2.24, 2.45) is 0 Å². The van der Waals surface area contributed by atoms with Gasteiger partial charge in [0.25, 0.3) is 0 Å². The number of carbonyl (C=O) groups is 3. The average Bonchev–Trinajstić information content (AvgIpc) is 3.85. The Hall–Kier alpha value is -4.47. The first-order valence-electron chi connectivity index (χ1n) is 18.4. The van der Waals surface area contributed by atoms with E-state index in [1.54, 1.807) is 44.2 Å². The molecule has 0 spiro atoms. The fourth-order valence-corrected chi connectivity index (χ4v) is 7.10. The highest BCUT2D eigenvalue weighted by Gasteiger charge is 2.22. The molecule has 7 rings (SSSR count). The molecule has 0 radical (unpaired) electrons. The van der Waals surface area contributed by atoms with Crippen molar-refractivity contribution in [2.75, 3.05) is 18.6 Å². The second kappa shape index (κ2) is 22.8. The summed E-state index contributed by atoms with van der Waals surface area (Å²) in [6, 6.07) is 13.1. The number of nitrogens with two attached hydrogens (primary N) is 2. The number of pyridine rings is 3. The summed E-state index contributed by atoms with van der Waals surface area (Å²) in [5, 5.41) is 2.71. The smallest absolute Gasteiger partial charge is 0.419 e. The van der Waals surface area contributed by atoms with Crippen molar-refractivity contribution in [3.63, 3.8) is 0 Å². The van der Waals surface area contributed by atoms with Crippen LogP contribution in [0.15, 0.2) is 93.1 Å². The van der Waals surface area contributed by atoms with Crippen LogP contribution < -0.4 is 16.2 Å². The van der Waals surface area contributed by atoms with Gasteiger partial charge in [0.15, 0.2) is 0 Å². The number of hydrogen-bond donors (Lipinski definition) is 3. The number of hydrogen-bond acceptors (Lipinski definition) is 13. The number of aryl methyl sites for hydroxylation is 1. The Labute approximate surface area is 401 Å². The number of nitrogens with zero attached hydrogens (tertiary/aromatic N) is 5. The minimum absolute atomic E-state index is 0. The molecule has 0 aliphatic carbocycles. The Balaban J connectivity index is 0.000000269. The monoisotopic (exact) mass is 1090 g/mol. The van der Waals surface area contributed by atoms with Gasteiger partial charge in [-0.25, -0.2) is 28.7 Å². The van der Waals surface area contributed by atoms with E-state index < -0.39 is 23.4 Å². The third-order valence-electron chi connectivity index (χ3n) is 8.31. The summed E-state index contributed by atoms with van der Waals surface area (Å²) >= 11 is 17.6. The van der Waals surface area contributed by atoms with Gasteiger partial charge in [-0.3, -0.25) is 9.78 Å². The highest BCUT2D eigenvalue weighted by Crippen LogP contribution is 2.29. The molecule has 20 heteroatoms. The molecule has 330 valence electrons. The van der Waals surface area contributed by atoms with Gasteiger partial charge in [-0.2, -0.15) is 13.5 Å². The zero-order valence-corrected chi connectivity index (χ0v) is 42.3. The molecule has 0 aliphatic rings. The van der Waals surface area contributed by atoms with Crippen LogP contribution in [0.1, 0.15) is 59.2 Å². The van der Waals surface area contributed by atoms with Crippen molar-refractivity contribution in [2.45, 2.75) is 72.0 Å². The van der Waals surface area contributed by atoms with Gasteiger partial charge < -0.3 is 30.7 Å². The van der Waals surface area contributed by atoms with Crippen molar-refractivity contribution in [3.05, 3.63) is 104 Å². The number of nitrogen functional groups attached to an aromatic ring is 2. The Morgan fingerprint density at radius 1 is 0.726 bits per heavy atom. The molecule has 62 heavy (non-hydrogen) atoms. The minimum Gasteiger partial charge on any atom is -0.497 e. The van der Waals surface area contributed by atoms with Crippen LogP contribution in [0, 0.1) is 0 Å². The number of aromatic nitrogens is 6. The first-order chi connectivity index (χ1) is 28.7. The van der Waals surface area contributed by atoms with Crippen LogP contribution >= 0.6 is 61.3 Å². The maximum atomic E-state index is 12.4. The molecular weight excluding hydrogens is 1050 g/mol. The SMILES string of the molecule is CC(C)(C)OC(=O)n1cc(Br)c2cc(N)ncc21.COc1ccc(CCC(=O)Cc2cc3c(Br)cn(C(=O)OC(C)(C)C)c3cn2)cc1.Nc1cc2c(Br)c[nH]c2cn1.S.S=S. The molecule has 0 bridgehead atoms. The van der Waals surface area contributed by atoms with Crippen LogP contribution in [0.5, 0.6) is 5.75 Å². The van der Waals surface area contributed by atoms with E-state index in [-0.39, 0.29) is 25.7 Å². The molecule has 6 heterocycles. The van der Waals surface area contributed by atoms with Gasteiger partial charge in [-0.05, 0) is 132 Å². The molecular formula is C42H47Br3N8O6S3. The standard InChI is InChI=1S/C23H25BrN2O4.C12H14BrN3O2.C7H6BrN3.S2.H2S/c1-23(2,3)30-22(28)26-14-20(24)19-12-16(25-13-21(19)26)11-17(27)8-5-15-6-9-18(29-4)10-7-15;1-12(2,3)18-11(17)16-6-8(13)7-4-10(14)15-5-9(7)16;8-5-2-10-6-3-11-7(9)1-4(5)6;1-2;/h6-7,9-10,12-14H,5,8,11H2,1-4H3;4-6H,1-3H3,(H2,14,15);1-3,10H,(H2,9,11);;1H2. The Kier molecular flexibility index (Phi) is 19.0. The first-order valence-corrected chi connectivity index (χ1v) is 22.2. The summed E-state index contributed by atoms with van der Waals surface area (Å²) in [7, 11) is 1.63. The molecule has 14 nitrogen and oxygen atoms in total. The predicted octanol–water partition coefficient (Wildman–Crippen LogP) is 10.5. The third kappa shape index (κ3) is 14.5. The van der Waals surface area contributed by atoms with E-state index in [0.29, 0.717) is 41.2 Å². The van der Waals surface area contributed by atoms with E-state index in [2.05, 4.69) is 90.1 Å². The summed E-state index contributed by atoms with van der Waals surface area (Å²) < 4.78 is 21.3. The van der Waals surface area contributed by atoms with Crippen molar-refractivity contribution in [3.8, 4) is 5.75 Å². The summed E-state index contributed by atoms with van der Waals surface area (Å²) in [4.78, 5) is 52.3. The largest absolute Gasteiger partial charge is 0.497 e. The van der Waals surface area contributed by atoms with Gasteiger partial charge in [0.2, 0.25) is 0 Å². The fourth-order valence-electron chi connectivity index (χ4n) is 5.62. The second-order valence-electron chi connectivity index (χ2n) is 15.3. The van der Waals surface area contributed by atoms with Gasteiger partial charge in [-0.15, -0.1) is 0 Å². The highest BCUT2D eigenvalue weighted by atomic mass is 79.9. The molecule has 0 unspecified atom stereocenters. The average molecular weight is 1100 g/mol. The second-order valence-corrected chi connectivity index (χ2v) is 17.9. The molecule has 0 atom stereocenters. The van der Waals surface area contributed by atoms with Gasteiger partial charge in [0.1, 0.15) is 34.4 Å². The number of fused-ring (bicyclic) bond motifs is 3. The molecule has 7 aromatic rings. The number of rotatable bonds is 6. The summed E-state index contributed by atoms with van der Waals surface area (Å²) in [5.41, 5.74) is 14.0. The van der Waals surface area contributed by atoms with Gasteiger partial charge in [0, 0.05) is 89.1 Å². The maximum Gasteiger partial charge on any atom is 0.419 e. The van der Waals surface area contributed by atoms with E-state index in [1.807, 2.05) is 84.1 Å². The number of nitrogens with one attached hydrogen (secondary N) is 1. The predicted molar refractivity (Wildman–Crippen MR) is 266 cm³/mol. The number of benzene rings is 1. The van der Waals surface area contributed by atoms with Gasteiger partial charge >= 0.3 is 12.2 Å². The Morgan fingerprint density at radius 2 is 1.21 bits per heavy atom. The Morgan fingerprint density at radius 3 is 1.73 bits per heavy atom. The van der Waals surface area contributed by atoms with Crippen LogP contribution in [0.25, 0.3) is 32.7 Å². The first kappa shape index (κ1) is 51.9. The van der Waals surface area contributed by atoms with Gasteiger partial charge in [-0.1, -0.05) is 12.1 Å². The molecule has 5 N–H and O–H groups in total. The number of H-pyrrole nitrogens is 1. The number of ketones is 1. The van der Waals surface area contributed by atoms with E-state index >= 15 is 0 Å². The third-order valence-corrected chi connectivity index (χ3v) is 10.2. The molecule has 6 aromatic heterocycles. The molecule has 0 saturated carbocycles. The van der Waals surface area contributed by atoms with Crippen molar-refractivity contribution in [1.82, 2.24) is 29.1 Å². The molecule has 0 saturated heterocycles. The number of aromatic amines is 1. The summed E-state index contributed by atoms with van der Waals surface area (Å²) in [6.45, 7) is 10.9. The number of anilines is 2. The van der Waals surface area contributed by atoms with Crippen molar-refractivity contribution < 1.29 is 28.6 Å². The van der Waals surface area contributed by atoms with E-state index in [0.717, 1.165) is 46.4 Å². The lowest BCUT2D eigenvalue weighted by molar-refractivity contribution is -0.118. The van der Waals surface area contributed by atoms with Crippen molar-refractivity contribution in [1.29, 1.82) is 0 Å². The molecule has 0 fully saturated rings. The lowest BCUT2D eigenvalue weighted by Gasteiger charge is -2.19. The normalized spacial score (nSPS) is 10.9. The number of methoxy groups -OCH3 is 1. The lowest BCUT2D eigenvalue weighted by Crippen LogP contribution is -2.26. The van der Waals surface area contributed by atoms with Crippen LogP contribution in [-0.4, -0.2) is 65.4 Å². The van der Waals surface area contributed by atoms with Crippen molar-refractivity contribution >= 4 is 146 Å². The number of ether oxygens (including phenoxy) is 3. The van der Waals surface area contributed by atoms with Crippen LogP contribution in [0.3, 0.4) is 0 Å². The molecule has 0 aliphatic heterocycles. The van der Waals surface area contributed by atoms with E-state index in [4.69, 9.17) is 25.7 Å². The number of halogens is 3. The van der Waals surface area contributed by atoms with E-state index in [1.165, 1.54) is 9.13 Å². The fraction of sp³-hybridized carbons (Fsp3) is 0.286. The molecule has 1 aromatic carbocycles. The highest BCUT2D eigenvalue weighted by molar-refractivity contribution is 9.11. The molecule has 0 amide bonds. The van der Waals surface area contributed by atoms with E-state index in [9.17, 15) is 14.4 Å². The number of carbonyl (C=O) groups excluding carboxylic acids is 3.